The molecule has 4 fully saturated rings. The standard InChI is InChI=1S/C16H19NO3/c18-15(19)13-9-20-14(17-13)1-2-16-6-10-3-11(7-16)5-12(4-10)8-16/h1-2,9-12H,3-8H2,(H,18,19)/b2-1+. The van der Waals surface area contributed by atoms with Gasteiger partial charge in [0.05, 0.1) is 0 Å². The molecule has 0 amide bonds. The Bertz CT molecular complexity index is 537. The fourth-order valence-electron chi connectivity index (χ4n) is 5.09. The van der Waals surface area contributed by atoms with Crippen molar-refractivity contribution >= 4 is 12.0 Å². The van der Waals surface area contributed by atoms with Crippen molar-refractivity contribution in [1.82, 2.24) is 4.98 Å². The summed E-state index contributed by atoms with van der Waals surface area (Å²) in [7, 11) is 0. The maximum absolute atomic E-state index is 10.8. The fraction of sp³-hybridized carbons (Fsp3) is 0.625. The van der Waals surface area contributed by atoms with Crippen LogP contribution in [0, 0.1) is 23.2 Å². The molecule has 1 aromatic rings. The highest BCUT2D eigenvalue weighted by molar-refractivity contribution is 5.85. The molecule has 0 radical (unpaired) electrons. The summed E-state index contributed by atoms with van der Waals surface area (Å²) in [5, 5.41) is 8.85. The first-order chi connectivity index (χ1) is 9.62. The molecule has 4 saturated carbocycles. The molecule has 0 saturated heterocycles. The number of carboxylic acid groups (broad SMARTS) is 1. The molecule has 1 heterocycles. The lowest BCUT2D eigenvalue weighted by Gasteiger charge is -2.55. The molecule has 0 spiro atoms. The van der Waals surface area contributed by atoms with Crippen LogP contribution in [0.25, 0.3) is 6.08 Å². The van der Waals surface area contributed by atoms with Gasteiger partial charge in [-0.15, -0.1) is 0 Å². The first kappa shape index (κ1) is 12.2. The minimum atomic E-state index is -1.04. The summed E-state index contributed by atoms with van der Waals surface area (Å²) >= 11 is 0. The van der Waals surface area contributed by atoms with Crippen LogP contribution in [0.2, 0.25) is 0 Å². The largest absolute Gasteiger partial charge is 0.476 e. The average Bonchev–Trinajstić information content (AvgIpc) is 2.84. The second-order valence-electron chi connectivity index (χ2n) is 6.99. The number of carbonyl (C=O) groups is 1. The number of oxazole rings is 1. The lowest BCUT2D eigenvalue weighted by molar-refractivity contribution is -0.0233. The van der Waals surface area contributed by atoms with Crippen LogP contribution in [0.4, 0.5) is 0 Å². The van der Waals surface area contributed by atoms with Crippen molar-refractivity contribution < 1.29 is 14.3 Å². The monoisotopic (exact) mass is 273 g/mol. The van der Waals surface area contributed by atoms with Crippen LogP contribution in [0.3, 0.4) is 0 Å². The van der Waals surface area contributed by atoms with Crippen LogP contribution >= 0.6 is 0 Å². The summed E-state index contributed by atoms with van der Waals surface area (Å²) in [5.41, 5.74) is 0.308. The van der Waals surface area contributed by atoms with Crippen molar-refractivity contribution in [3.8, 4) is 0 Å². The van der Waals surface area contributed by atoms with Gasteiger partial charge in [0.15, 0.2) is 5.69 Å². The second kappa shape index (κ2) is 4.21. The summed E-state index contributed by atoms with van der Waals surface area (Å²) in [6, 6.07) is 0. The third-order valence-electron chi connectivity index (χ3n) is 5.41. The Morgan fingerprint density at radius 3 is 2.35 bits per heavy atom. The van der Waals surface area contributed by atoms with Crippen molar-refractivity contribution in [1.29, 1.82) is 0 Å². The SMILES string of the molecule is O=C(O)c1coc(/C=C/C23CC4CC(CC(C4)C2)C3)n1. The summed E-state index contributed by atoms with van der Waals surface area (Å²) in [6.07, 6.45) is 13.5. The molecule has 1 aromatic heterocycles. The number of aromatic carboxylic acids is 1. The molecule has 4 bridgehead atoms. The van der Waals surface area contributed by atoms with Gasteiger partial charge < -0.3 is 9.52 Å². The van der Waals surface area contributed by atoms with E-state index < -0.39 is 5.97 Å². The van der Waals surface area contributed by atoms with E-state index in [9.17, 15) is 4.79 Å². The lowest BCUT2D eigenvalue weighted by atomic mass is 9.49. The number of hydrogen-bond donors (Lipinski definition) is 1. The Morgan fingerprint density at radius 2 is 1.85 bits per heavy atom. The van der Waals surface area contributed by atoms with E-state index in [1.807, 2.05) is 6.08 Å². The van der Waals surface area contributed by atoms with E-state index in [1.165, 1.54) is 44.8 Å². The summed E-state index contributed by atoms with van der Waals surface area (Å²) in [6.45, 7) is 0. The molecule has 1 N–H and O–H groups in total. The topological polar surface area (TPSA) is 63.3 Å². The van der Waals surface area contributed by atoms with Gasteiger partial charge >= 0.3 is 5.97 Å². The Morgan fingerprint density at radius 1 is 1.25 bits per heavy atom. The highest BCUT2D eigenvalue weighted by Gasteiger charge is 2.49. The normalized spacial score (nSPS) is 38.7. The number of nitrogens with zero attached hydrogens (tertiary/aromatic N) is 1. The minimum absolute atomic E-state index is 0.0184. The molecule has 0 atom stereocenters. The van der Waals surface area contributed by atoms with Gasteiger partial charge in [0.25, 0.3) is 0 Å². The summed E-state index contributed by atoms with van der Waals surface area (Å²) in [5.74, 6) is 2.10. The number of allylic oxidation sites excluding steroid dienone is 1. The smallest absolute Gasteiger partial charge is 0.357 e. The quantitative estimate of drug-likeness (QED) is 0.913. The maximum atomic E-state index is 10.8. The highest BCUT2D eigenvalue weighted by atomic mass is 16.4. The van der Waals surface area contributed by atoms with Crippen LogP contribution in [0.15, 0.2) is 16.8 Å². The van der Waals surface area contributed by atoms with Crippen LogP contribution < -0.4 is 0 Å². The Hall–Kier alpha value is -1.58. The first-order valence-electron chi connectivity index (χ1n) is 7.50. The number of aromatic nitrogens is 1. The molecule has 4 aliphatic rings. The first-order valence-corrected chi connectivity index (χ1v) is 7.50. The maximum Gasteiger partial charge on any atom is 0.357 e. The van der Waals surface area contributed by atoms with Gasteiger partial charge in [-0.25, -0.2) is 9.78 Å². The molecule has 5 rings (SSSR count). The van der Waals surface area contributed by atoms with Gasteiger partial charge in [0, 0.05) is 0 Å². The Labute approximate surface area is 117 Å². The second-order valence-corrected chi connectivity index (χ2v) is 6.99. The van der Waals surface area contributed by atoms with Gasteiger partial charge in [-0.1, -0.05) is 6.08 Å². The van der Waals surface area contributed by atoms with Crippen molar-refractivity contribution in [2.24, 2.45) is 23.2 Å². The lowest BCUT2D eigenvalue weighted by Crippen LogP contribution is -2.44. The van der Waals surface area contributed by atoms with Crippen LogP contribution in [-0.2, 0) is 0 Å². The zero-order chi connectivity index (χ0) is 13.7. The summed E-state index contributed by atoms with van der Waals surface area (Å²) < 4.78 is 5.21. The van der Waals surface area contributed by atoms with Gasteiger partial charge in [-0.05, 0) is 67.8 Å². The molecule has 4 heteroatoms. The van der Waals surface area contributed by atoms with E-state index in [1.54, 1.807) is 0 Å². The van der Waals surface area contributed by atoms with Crippen molar-refractivity contribution in [2.45, 2.75) is 38.5 Å². The van der Waals surface area contributed by atoms with Gasteiger partial charge in [0.1, 0.15) is 6.26 Å². The van der Waals surface area contributed by atoms with Crippen LogP contribution in [0.1, 0.15) is 54.9 Å². The molecule has 20 heavy (non-hydrogen) atoms. The van der Waals surface area contributed by atoms with Gasteiger partial charge in [-0.3, -0.25) is 0 Å². The fourth-order valence-corrected chi connectivity index (χ4v) is 5.09. The van der Waals surface area contributed by atoms with Crippen LogP contribution in [-0.4, -0.2) is 16.1 Å². The molecule has 4 nitrogen and oxygen atoms in total. The molecular formula is C16H19NO3. The van der Waals surface area contributed by atoms with E-state index in [-0.39, 0.29) is 5.69 Å². The zero-order valence-corrected chi connectivity index (χ0v) is 11.4. The van der Waals surface area contributed by atoms with E-state index in [0.717, 1.165) is 17.8 Å². The van der Waals surface area contributed by atoms with Crippen molar-refractivity contribution in [3.63, 3.8) is 0 Å². The zero-order valence-electron chi connectivity index (χ0n) is 11.4. The molecule has 4 aliphatic carbocycles. The van der Waals surface area contributed by atoms with E-state index in [0.29, 0.717) is 11.3 Å². The average molecular weight is 273 g/mol. The molecule has 0 aromatic carbocycles. The minimum Gasteiger partial charge on any atom is -0.476 e. The third kappa shape index (κ3) is 1.98. The van der Waals surface area contributed by atoms with E-state index >= 15 is 0 Å². The van der Waals surface area contributed by atoms with Crippen molar-refractivity contribution in [3.05, 3.63) is 23.9 Å². The number of carboxylic acids is 1. The van der Waals surface area contributed by atoms with Crippen molar-refractivity contribution in [2.75, 3.05) is 0 Å². The Kier molecular flexibility index (Phi) is 2.56. The molecule has 0 unspecified atom stereocenters. The van der Waals surface area contributed by atoms with E-state index in [4.69, 9.17) is 9.52 Å². The van der Waals surface area contributed by atoms with Crippen LogP contribution in [0.5, 0.6) is 0 Å². The van der Waals surface area contributed by atoms with E-state index in [2.05, 4.69) is 11.1 Å². The molecule has 0 aliphatic heterocycles. The predicted molar refractivity (Wildman–Crippen MR) is 73.1 cm³/mol. The third-order valence-corrected chi connectivity index (χ3v) is 5.41. The molecule has 106 valence electrons. The number of hydrogen-bond acceptors (Lipinski definition) is 3. The summed E-state index contributed by atoms with van der Waals surface area (Å²) in [4.78, 5) is 14.8. The predicted octanol–water partition coefficient (Wildman–Crippen LogP) is 3.60. The highest BCUT2D eigenvalue weighted by Crippen LogP contribution is 2.60. The molecular weight excluding hydrogens is 254 g/mol. The van der Waals surface area contributed by atoms with Gasteiger partial charge in [-0.2, -0.15) is 0 Å². The Balaban J connectivity index is 1.55. The number of rotatable bonds is 3. The van der Waals surface area contributed by atoms with Gasteiger partial charge in [0.2, 0.25) is 5.89 Å².